The predicted molar refractivity (Wildman–Crippen MR) is 93.8 cm³/mol. The van der Waals surface area contributed by atoms with Crippen molar-refractivity contribution in [2.75, 3.05) is 36.5 Å². The fourth-order valence-corrected chi connectivity index (χ4v) is 4.40. The maximum absolute atomic E-state index is 5.83. The van der Waals surface area contributed by atoms with Gasteiger partial charge < -0.3 is 15.0 Å². The smallest absolute Gasteiger partial charge is 0.142 e. The van der Waals surface area contributed by atoms with Crippen LogP contribution in [0.15, 0.2) is 36.4 Å². The van der Waals surface area contributed by atoms with Crippen LogP contribution in [-0.4, -0.2) is 26.2 Å². The summed E-state index contributed by atoms with van der Waals surface area (Å²) in [6, 6.07) is 13.6. The van der Waals surface area contributed by atoms with E-state index in [2.05, 4.69) is 46.6 Å². The standard InChI is InChI=1S/C20H22N2O/c1-3-14-5-2-9-22-13-17(11-16(4-1)20(14)22)15-6-7-18-19(12-15)23-10-8-21-18/h1,3-4,6-7,12,17,21H,2,5,8-11,13H2. The first-order valence-electron chi connectivity index (χ1n) is 8.75. The van der Waals surface area contributed by atoms with Gasteiger partial charge in [0.15, 0.2) is 0 Å². The molecule has 3 aliphatic rings. The molecule has 1 atom stereocenters. The Bertz CT molecular complexity index is 755. The molecule has 3 heterocycles. The summed E-state index contributed by atoms with van der Waals surface area (Å²) in [7, 11) is 0. The Kier molecular flexibility index (Phi) is 3.00. The highest BCUT2D eigenvalue weighted by molar-refractivity contribution is 5.65. The van der Waals surface area contributed by atoms with E-state index in [0.29, 0.717) is 5.92 Å². The Morgan fingerprint density at radius 3 is 3.09 bits per heavy atom. The number of nitrogens with one attached hydrogen (secondary N) is 1. The van der Waals surface area contributed by atoms with E-state index in [0.717, 1.165) is 37.6 Å². The van der Waals surface area contributed by atoms with E-state index in [9.17, 15) is 0 Å². The molecule has 0 fully saturated rings. The molecule has 23 heavy (non-hydrogen) atoms. The van der Waals surface area contributed by atoms with Crippen LogP contribution in [0.2, 0.25) is 0 Å². The summed E-state index contributed by atoms with van der Waals surface area (Å²) in [5.74, 6) is 1.58. The molecule has 2 aromatic rings. The fraction of sp³-hybridized carbons (Fsp3) is 0.400. The first kappa shape index (κ1) is 13.3. The molecule has 0 amide bonds. The van der Waals surface area contributed by atoms with Gasteiger partial charge in [0.05, 0.1) is 5.69 Å². The van der Waals surface area contributed by atoms with Crippen molar-refractivity contribution in [3.05, 3.63) is 53.1 Å². The molecule has 0 saturated carbocycles. The van der Waals surface area contributed by atoms with Crippen molar-refractivity contribution in [3.63, 3.8) is 0 Å². The summed E-state index contributed by atoms with van der Waals surface area (Å²) in [4.78, 5) is 2.61. The van der Waals surface area contributed by atoms with Gasteiger partial charge in [-0.25, -0.2) is 0 Å². The lowest BCUT2D eigenvalue weighted by molar-refractivity contribution is 0.322. The minimum absolute atomic E-state index is 0.562. The van der Waals surface area contributed by atoms with Gasteiger partial charge in [0.2, 0.25) is 0 Å². The summed E-state index contributed by atoms with van der Waals surface area (Å²) in [5, 5.41) is 3.41. The molecule has 3 nitrogen and oxygen atoms in total. The first-order valence-corrected chi connectivity index (χ1v) is 8.75. The van der Waals surface area contributed by atoms with Crippen LogP contribution in [0.1, 0.15) is 29.0 Å². The Hall–Kier alpha value is -2.16. The van der Waals surface area contributed by atoms with E-state index in [4.69, 9.17) is 4.74 Å². The number of fused-ring (bicyclic) bond motifs is 1. The minimum Gasteiger partial charge on any atom is -0.490 e. The molecular weight excluding hydrogens is 284 g/mol. The number of nitrogens with zero attached hydrogens (tertiary/aromatic N) is 1. The molecule has 1 unspecified atom stereocenters. The van der Waals surface area contributed by atoms with E-state index in [1.807, 2.05) is 0 Å². The largest absolute Gasteiger partial charge is 0.490 e. The molecule has 0 bridgehead atoms. The predicted octanol–water partition coefficient (Wildman–Crippen LogP) is 3.58. The number of para-hydroxylation sites is 1. The number of rotatable bonds is 1. The average Bonchev–Trinajstić information content (AvgIpc) is 2.62. The molecule has 0 radical (unpaired) electrons. The zero-order chi connectivity index (χ0) is 15.2. The zero-order valence-corrected chi connectivity index (χ0v) is 13.3. The van der Waals surface area contributed by atoms with Gasteiger partial charge in [-0.15, -0.1) is 0 Å². The average molecular weight is 306 g/mol. The van der Waals surface area contributed by atoms with Crippen molar-refractivity contribution in [2.24, 2.45) is 0 Å². The van der Waals surface area contributed by atoms with Gasteiger partial charge in [-0.05, 0) is 48.1 Å². The summed E-state index contributed by atoms with van der Waals surface area (Å²) >= 11 is 0. The van der Waals surface area contributed by atoms with E-state index >= 15 is 0 Å². The molecule has 2 aromatic carbocycles. The van der Waals surface area contributed by atoms with Crippen molar-refractivity contribution in [3.8, 4) is 5.75 Å². The quantitative estimate of drug-likeness (QED) is 0.871. The van der Waals surface area contributed by atoms with E-state index in [1.54, 1.807) is 5.56 Å². The molecule has 0 spiro atoms. The van der Waals surface area contributed by atoms with Crippen LogP contribution in [0.25, 0.3) is 0 Å². The number of ether oxygens (including phenoxy) is 1. The lowest BCUT2D eigenvalue weighted by Gasteiger charge is -2.40. The highest BCUT2D eigenvalue weighted by Gasteiger charge is 2.29. The maximum Gasteiger partial charge on any atom is 0.142 e. The molecule has 0 saturated heterocycles. The fourth-order valence-electron chi connectivity index (χ4n) is 4.40. The van der Waals surface area contributed by atoms with E-state index < -0.39 is 0 Å². The third-order valence-corrected chi connectivity index (χ3v) is 5.45. The van der Waals surface area contributed by atoms with Gasteiger partial charge in [0, 0.05) is 31.2 Å². The number of benzene rings is 2. The molecule has 0 aromatic heterocycles. The Balaban J connectivity index is 1.51. The second-order valence-electron chi connectivity index (χ2n) is 6.91. The Morgan fingerprint density at radius 2 is 2.09 bits per heavy atom. The SMILES string of the molecule is c1cc2c3c(c1)CC(c1ccc4c(c1)OCCN4)CN3CCC2. The van der Waals surface area contributed by atoms with Gasteiger partial charge in [-0.3, -0.25) is 0 Å². The van der Waals surface area contributed by atoms with Crippen molar-refractivity contribution in [1.29, 1.82) is 0 Å². The third kappa shape index (κ3) is 2.18. The second-order valence-corrected chi connectivity index (χ2v) is 6.91. The maximum atomic E-state index is 5.83. The van der Waals surface area contributed by atoms with Crippen LogP contribution in [-0.2, 0) is 12.8 Å². The molecule has 3 aliphatic heterocycles. The number of hydrogen-bond donors (Lipinski definition) is 1. The number of hydrogen-bond acceptors (Lipinski definition) is 3. The summed E-state index contributed by atoms with van der Waals surface area (Å²) < 4.78 is 5.83. The van der Waals surface area contributed by atoms with Crippen LogP contribution in [0.5, 0.6) is 5.75 Å². The van der Waals surface area contributed by atoms with Gasteiger partial charge in [-0.1, -0.05) is 24.3 Å². The Morgan fingerprint density at radius 1 is 1.13 bits per heavy atom. The van der Waals surface area contributed by atoms with Crippen LogP contribution in [0.3, 0.4) is 0 Å². The lowest BCUT2D eigenvalue weighted by atomic mass is 9.83. The van der Waals surface area contributed by atoms with Crippen LogP contribution < -0.4 is 15.0 Å². The molecule has 5 rings (SSSR count). The molecule has 1 N–H and O–H groups in total. The number of aryl methyl sites for hydroxylation is 1. The highest BCUT2D eigenvalue weighted by atomic mass is 16.5. The highest BCUT2D eigenvalue weighted by Crippen LogP contribution is 2.41. The van der Waals surface area contributed by atoms with Crippen LogP contribution >= 0.6 is 0 Å². The van der Waals surface area contributed by atoms with E-state index in [1.165, 1.54) is 36.2 Å². The van der Waals surface area contributed by atoms with Crippen molar-refractivity contribution in [2.45, 2.75) is 25.2 Å². The van der Waals surface area contributed by atoms with Crippen molar-refractivity contribution in [1.82, 2.24) is 0 Å². The monoisotopic (exact) mass is 306 g/mol. The summed E-state index contributed by atoms with van der Waals surface area (Å²) in [5.41, 5.74) is 7.15. The first-order chi connectivity index (χ1) is 11.4. The molecule has 118 valence electrons. The molecular formula is C20H22N2O. The second kappa shape index (κ2) is 5.19. The lowest BCUT2D eigenvalue weighted by Crippen LogP contribution is -2.38. The van der Waals surface area contributed by atoms with Crippen molar-refractivity contribution < 1.29 is 4.74 Å². The van der Waals surface area contributed by atoms with Crippen LogP contribution in [0, 0.1) is 0 Å². The van der Waals surface area contributed by atoms with Gasteiger partial charge in [0.25, 0.3) is 0 Å². The van der Waals surface area contributed by atoms with Gasteiger partial charge in [-0.2, -0.15) is 0 Å². The minimum atomic E-state index is 0.562. The third-order valence-electron chi connectivity index (χ3n) is 5.45. The van der Waals surface area contributed by atoms with Crippen LogP contribution in [0.4, 0.5) is 11.4 Å². The summed E-state index contributed by atoms with van der Waals surface area (Å²) in [6.45, 7) is 4.00. The topological polar surface area (TPSA) is 24.5 Å². The Labute approximate surface area is 137 Å². The summed E-state index contributed by atoms with van der Waals surface area (Å²) in [6.07, 6.45) is 3.66. The zero-order valence-electron chi connectivity index (χ0n) is 13.3. The van der Waals surface area contributed by atoms with E-state index in [-0.39, 0.29) is 0 Å². The number of anilines is 2. The van der Waals surface area contributed by atoms with Gasteiger partial charge in [0.1, 0.15) is 12.4 Å². The molecule has 3 heteroatoms. The normalized spacial score (nSPS) is 21.7. The van der Waals surface area contributed by atoms with Crippen molar-refractivity contribution >= 4 is 11.4 Å². The molecule has 0 aliphatic carbocycles. The van der Waals surface area contributed by atoms with Gasteiger partial charge >= 0.3 is 0 Å².